The SMILES string of the molecule is CC1CC2CC(C1)CC(C)(NC(N)=O)C2. The van der Waals surface area contributed by atoms with Gasteiger partial charge in [0, 0.05) is 5.54 Å². The molecule has 2 fully saturated rings. The van der Waals surface area contributed by atoms with Gasteiger partial charge in [0.1, 0.15) is 0 Å². The Hall–Kier alpha value is -0.730. The standard InChI is InChI=1S/C12H22N2O/c1-8-3-9-5-10(4-8)7-12(2,6-9)14-11(13)15/h8-10H,3-7H2,1-2H3,(H3,13,14,15). The third-order valence-electron chi connectivity index (χ3n) is 4.04. The van der Waals surface area contributed by atoms with Crippen molar-refractivity contribution < 1.29 is 4.79 Å². The number of amides is 2. The molecule has 2 atom stereocenters. The predicted molar refractivity (Wildman–Crippen MR) is 60.4 cm³/mol. The van der Waals surface area contributed by atoms with Crippen LogP contribution in [0, 0.1) is 17.8 Å². The molecule has 0 saturated heterocycles. The molecule has 2 amide bonds. The fourth-order valence-corrected chi connectivity index (χ4v) is 3.99. The van der Waals surface area contributed by atoms with E-state index in [1.165, 1.54) is 19.3 Å². The Bertz CT molecular complexity index is 246. The second kappa shape index (κ2) is 3.69. The summed E-state index contributed by atoms with van der Waals surface area (Å²) in [7, 11) is 0. The molecule has 86 valence electrons. The first kappa shape index (κ1) is 10.8. The van der Waals surface area contributed by atoms with Crippen molar-refractivity contribution in [3.8, 4) is 0 Å². The highest BCUT2D eigenvalue weighted by molar-refractivity contribution is 5.72. The minimum atomic E-state index is -0.370. The lowest BCUT2D eigenvalue weighted by molar-refractivity contribution is 0.0792. The van der Waals surface area contributed by atoms with E-state index in [-0.39, 0.29) is 11.6 Å². The molecule has 0 spiro atoms. The minimum absolute atomic E-state index is 0.0421. The van der Waals surface area contributed by atoms with Gasteiger partial charge in [-0.05, 0) is 56.8 Å². The van der Waals surface area contributed by atoms with Crippen molar-refractivity contribution in [1.29, 1.82) is 0 Å². The van der Waals surface area contributed by atoms with Crippen molar-refractivity contribution in [3.63, 3.8) is 0 Å². The van der Waals surface area contributed by atoms with Crippen molar-refractivity contribution in [2.75, 3.05) is 0 Å². The maximum absolute atomic E-state index is 11.0. The summed E-state index contributed by atoms with van der Waals surface area (Å²) in [5.41, 5.74) is 5.19. The first-order valence-corrected chi connectivity index (χ1v) is 6.04. The largest absolute Gasteiger partial charge is 0.352 e. The lowest BCUT2D eigenvalue weighted by atomic mass is 9.63. The van der Waals surface area contributed by atoms with E-state index in [9.17, 15) is 4.79 Å². The molecule has 3 N–H and O–H groups in total. The highest BCUT2D eigenvalue weighted by Gasteiger charge is 2.41. The van der Waals surface area contributed by atoms with Crippen LogP contribution in [0.2, 0.25) is 0 Å². The Morgan fingerprint density at radius 1 is 1.27 bits per heavy atom. The van der Waals surface area contributed by atoms with Gasteiger partial charge < -0.3 is 11.1 Å². The fourth-order valence-electron chi connectivity index (χ4n) is 3.99. The normalized spacial score (nSPS) is 44.8. The molecule has 2 bridgehead atoms. The molecular formula is C12H22N2O. The maximum atomic E-state index is 11.0. The Kier molecular flexibility index (Phi) is 2.65. The molecule has 0 radical (unpaired) electrons. The van der Waals surface area contributed by atoms with Crippen molar-refractivity contribution in [2.24, 2.45) is 23.5 Å². The predicted octanol–water partition coefficient (Wildman–Crippen LogP) is 2.26. The number of fused-ring (bicyclic) bond motifs is 2. The number of nitrogens with one attached hydrogen (secondary N) is 1. The summed E-state index contributed by atoms with van der Waals surface area (Å²) < 4.78 is 0. The van der Waals surface area contributed by atoms with Crippen molar-refractivity contribution in [2.45, 2.75) is 51.5 Å². The zero-order valence-electron chi connectivity index (χ0n) is 9.75. The zero-order chi connectivity index (χ0) is 11.1. The highest BCUT2D eigenvalue weighted by atomic mass is 16.2. The van der Waals surface area contributed by atoms with Gasteiger partial charge in [0.15, 0.2) is 0 Å². The number of carbonyl (C=O) groups is 1. The second-order valence-electron chi connectivity index (χ2n) is 6.00. The smallest absolute Gasteiger partial charge is 0.312 e. The van der Waals surface area contributed by atoms with Gasteiger partial charge in [-0.3, -0.25) is 0 Å². The average Bonchev–Trinajstić information content (AvgIpc) is 1.96. The van der Waals surface area contributed by atoms with Crippen LogP contribution < -0.4 is 11.1 Å². The van der Waals surface area contributed by atoms with Crippen LogP contribution in [0.3, 0.4) is 0 Å². The molecule has 2 aliphatic carbocycles. The number of urea groups is 1. The average molecular weight is 210 g/mol. The fraction of sp³-hybridized carbons (Fsp3) is 0.917. The van der Waals surface area contributed by atoms with Crippen molar-refractivity contribution >= 4 is 6.03 Å². The molecule has 2 rings (SSSR count). The molecule has 2 saturated carbocycles. The summed E-state index contributed by atoms with van der Waals surface area (Å²) in [6.07, 6.45) is 6.23. The summed E-state index contributed by atoms with van der Waals surface area (Å²) in [5.74, 6) is 2.46. The minimum Gasteiger partial charge on any atom is -0.352 e. The van der Waals surface area contributed by atoms with Crippen LogP contribution in [0.15, 0.2) is 0 Å². The van der Waals surface area contributed by atoms with Crippen LogP contribution in [0.25, 0.3) is 0 Å². The van der Waals surface area contributed by atoms with E-state index in [0.717, 1.165) is 30.6 Å². The highest BCUT2D eigenvalue weighted by Crippen LogP contribution is 2.46. The molecule has 0 aliphatic heterocycles. The number of primary amides is 1. The summed E-state index contributed by atoms with van der Waals surface area (Å²) in [6, 6.07) is -0.370. The molecule has 0 heterocycles. The number of rotatable bonds is 1. The topological polar surface area (TPSA) is 55.1 Å². The quantitative estimate of drug-likeness (QED) is 0.685. The van der Waals surface area contributed by atoms with E-state index in [1.54, 1.807) is 0 Å². The molecule has 15 heavy (non-hydrogen) atoms. The van der Waals surface area contributed by atoms with Crippen LogP contribution in [0.1, 0.15) is 46.0 Å². The summed E-state index contributed by atoms with van der Waals surface area (Å²) in [5, 5.41) is 2.94. The summed E-state index contributed by atoms with van der Waals surface area (Å²) in [4.78, 5) is 11.0. The monoisotopic (exact) mass is 210 g/mol. The maximum Gasteiger partial charge on any atom is 0.312 e. The number of hydrogen-bond donors (Lipinski definition) is 2. The van der Waals surface area contributed by atoms with Crippen LogP contribution in [0.4, 0.5) is 4.79 Å². The lowest BCUT2D eigenvalue weighted by Gasteiger charge is -2.47. The van der Waals surface area contributed by atoms with Crippen LogP contribution >= 0.6 is 0 Å². The van der Waals surface area contributed by atoms with Gasteiger partial charge in [-0.1, -0.05) is 6.92 Å². The van der Waals surface area contributed by atoms with Crippen LogP contribution in [-0.4, -0.2) is 11.6 Å². The summed E-state index contributed by atoms with van der Waals surface area (Å²) >= 11 is 0. The van der Waals surface area contributed by atoms with E-state index >= 15 is 0 Å². The van der Waals surface area contributed by atoms with Crippen LogP contribution in [-0.2, 0) is 0 Å². The van der Waals surface area contributed by atoms with E-state index in [2.05, 4.69) is 19.2 Å². The zero-order valence-corrected chi connectivity index (χ0v) is 9.75. The third kappa shape index (κ3) is 2.44. The Balaban J connectivity index is 2.03. The molecule has 3 heteroatoms. The Morgan fingerprint density at radius 2 is 1.80 bits per heavy atom. The van der Waals surface area contributed by atoms with Crippen molar-refractivity contribution in [3.05, 3.63) is 0 Å². The number of carbonyl (C=O) groups excluding carboxylic acids is 1. The second-order valence-corrected chi connectivity index (χ2v) is 6.00. The molecule has 0 aromatic heterocycles. The molecule has 2 aliphatic rings. The Labute approximate surface area is 91.8 Å². The molecule has 2 unspecified atom stereocenters. The van der Waals surface area contributed by atoms with Gasteiger partial charge in [-0.25, -0.2) is 4.79 Å². The van der Waals surface area contributed by atoms with Crippen molar-refractivity contribution in [1.82, 2.24) is 5.32 Å². The van der Waals surface area contributed by atoms with Gasteiger partial charge in [-0.15, -0.1) is 0 Å². The lowest BCUT2D eigenvalue weighted by Crippen LogP contribution is -2.54. The van der Waals surface area contributed by atoms with Gasteiger partial charge in [0.2, 0.25) is 0 Å². The third-order valence-corrected chi connectivity index (χ3v) is 4.04. The van der Waals surface area contributed by atoms with Gasteiger partial charge in [0.05, 0.1) is 0 Å². The first-order valence-electron chi connectivity index (χ1n) is 6.04. The van der Waals surface area contributed by atoms with E-state index in [1.807, 2.05) is 0 Å². The first-order chi connectivity index (χ1) is 6.97. The number of nitrogens with two attached hydrogens (primary N) is 1. The molecule has 0 aromatic carbocycles. The van der Waals surface area contributed by atoms with E-state index < -0.39 is 0 Å². The molecule has 0 aromatic rings. The van der Waals surface area contributed by atoms with E-state index in [0.29, 0.717) is 0 Å². The van der Waals surface area contributed by atoms with Gasteiger partial charge in [0.25, 0.3) is 0 Å². The molecular weight excluding hydrogens is 188 g/mol. The van der Waals surface area contributed by atoms with Gasteiger partial charge in [-0.2, -0.15) is 0 Å². The van der Waals surface area contributed by atoms with Crippen LogP contribution in [0.5, 0.6) is 0 Å². The Morgan fingerprint density at radius 3 is 2.27 bits per heavy atom. The summed E-state index contributed by atoms with van der Waals surface area (Å²) in [6.45, 7) is 4.50. The number of hydrogen-bond acceptors (Lipinski definition) is 1. The van der Waals surface area contributed by atoms with E-state index in [4.69, 9.17) is 5.73 Å². The van der Waals surface area contributed by atoms with Gasteiger partial charge >= 0.3 is 6.03 Å². The molecule has 3 nitrogen and oxygen atoms in total.